The van der Waals surface area contributed by atoms with E-state index in [0.717, 1.165) is 6.42 Å². The minimum absolute atomic E-state index is 0.300. The second-order valence-corrected chi connectivity index (χ2v) is 4.98. The van der Waals surface area contributed by atoms with Gasteiger partial charge in [-0.15, -0.1) is 0 Å². The Labute approximate surface area is 80.2 Å². The molecule has 2 aliphatic carbocycles. The normalized spacial score (nSPS) is 39.7. The van der Waals surface area contributed by atoms with E-state index in [4.69, 9.17) is 0 Å². The van der Waals surface area contributed by atoms with E-state index in [1.807, 2.05) is 6.08 Å². The SMILES string of the molecule is CC1=CC(=O)CC2(C)CCCCC12. The van der Waals surface area contributed by atoms with Gasteiger partial charge in [-0.3, -0.25) is 4.79 Å². The number of carbonyl (C=O) groups excluding carboxylic acids is 1. The highest BCUT2D eigenvalue weighted by molar-refractivity contribution is 5.92. The van der Waals surface area contributed by atoms with Crippen LogP contribution in [0, 0.1) is 11.3 Å². The molecule has 0 aliphatic heterocycles. The predicted molar refractivity (Wildman–Crippen MR) is 53.4 cm³/mol. The zero-order valence-corrected chi connectivity index (χ0v) is 8.60. The monoisotopic (exact) mass is 178 g/mol. The molecule has 0 N–H and O–H groups in total. The van der Waals surface area contributed by atoms with Crippen LogP contribution in [0.4, 0.5) is 0 Å². The Morgan fingerprint density at radius 2 is 2.23 bits per heavy atom. The number of hydrogen-bond donors (Lipinski definition) is 0. The minimum Gasteiger partial charge on any atom is -0.295 e. The van der Waals surface area contributed by atoms with Crippen LogP contribution in [-0.4, -0.2) is 5.78 Å². The van der Waals surface area contributed by atoms with Gasteiger partial charge in [0.1, 0.15) is 0 Å². The van der Waals surface area contributed by atoms with E-state index >= 15 is 0 Å². The molecule has 0 saturated heterocycles. The summed E-state index contributed by atoms with van der Waals surface area (Å²) in [5, 5.41) is 0. The molecule has 2 atom stereocenters. The first-order valence-electron chi connectivity index (χ1n) is 5.33. The average Bonchev–Trinajstić information content (AvgIpc) is 2.01. The van der Waals surface area contributed by atoms with Crippen molar-refractivity contribution in [3.05, 3.63) is 11.6 Å². The van der Waals surface area contributed by atoms with Crippen molar-refractivity contribution in [2.75, 3.05) is 0 Å². The molecule has 1 nitrogen and oxygen atoms in total. The summed E-state index contributed by atoms with van der Waals surface area (Å²) in [6.07, 6.45) is 7.86. The number of hydrogen-bond acceptors (Lipinski definition) is 1. The summed E-state index contributed by atoms with van der Waals surface area (Å²) in [6.45, 7) is 4.43. The summed E-state index contributed by atoms with van der Waals surface area (Å²) in [7, 11) is 0. The van der Waals surface area contributed by atoms with Crippen LogP contribution in [0.5, 0.6) is 0 Å². The lowest BCUT2D eigenvalue weighted by Crippen LogP contribution is -2.36. The molecule has 0 heterocycles. The fourth-order valence-electron chi connectivity index (χ4n) is 3.19. The molecule has 0 aromatic heterocycles. The Bertz CT molecular complexity index is 264. The van der Waals surface area contributed by atoms with Crippen LogP contribution in [0.25, 0.3) is 0 Å². The van der Waals surface area contributed by atoms with E-state index in [1.54, 1.807) is 0 Å². The van der Waals surface area contributed by atoms with Crippen LogP contribution in [0.2, 0.25) is 0 Å². The molecule has 13 heavy (non-hydrogen) atoms. The van der Waals surface area contributed by atoms with Gasteiger partial charge in [-0.25, -0.2) is 0 Å². The topological polar surface area (TPSA) is 17.1 Å². The molecule has 0 aromatic rings. The molecule has 0 radical (unpaired) electrons. The van der Waals surface area contributed by atoms with Crippen molar-refractivity contribution in [2.45, 2.75) is 46.0 Å². The van der Waals surface area contributed by atoms with Gasteiger partial charge in [-0.1, -0.05) is 25.3 Å². The molecule has 72 valence electrons. The Morgan fingerprint density at radius 1 is 1.46 bits per heavy atom. The Kier molecular flexibility index (Phi) is 2.05. The molecular formula is C12H18O. The summed E-state index contributed by atoms with van der Waals surface area (Å²) >= 11 is 0. The maximum atomic E-state index is 11.5. The second kappa shape index (κ2) is 2.97. The summed E-state index contributed by atoms with van der Waals surface area (Å²) < 4.78 is 0. The number of allylic oxidation sites excluding steroid dienone is 2. The molecule has 0 spiro atoms. The molecular weight excluding hydrogens is 160 g/mol. The van der Waals surface area contributed by atoms with Crippen molar-refractivity contribution >= 4 is 5.78 Å². The van der Waals surface area contributed by atoms with E-state index in [2.05, 4.69) is 13.8 Å². The quantitative estimate of drug-likeness (QED) is 0.557. The van der Waals surface area contributed by atoms with Gasteiger partial charge in [-0.05, 0) is 37.2 Å². The van der Waals surface area contributed by atoms with Gasteiger partial charge < -0.3 is 0 Å². The maximum absolute atomic E-state index is 11.5. The van der Waals surface area contributed by atoms with Gasteiger partial charge in [0.15, 0.2) is 5.78 Å². The summed E-state index contributed by atoms with van der Waals surface area (Å²) in [5.41, 5.74) is 1.63. The third kappa shape index (κ3) is 1.45. The van der Waals surface area contributed by atoms with Crippen LogP contribution in [-0.2, 0) is 4.79 Å². The van der Waals surface area contributed by atoms with Gasteiger partial charge in [0.2, 0.25) is 0 Å². The van der Waals surface area contributed by atoms with E-state index in [-0.39, 0.29) is 0 Å². The molecule has 1 heteroatoms. The van der Waals surface area contributed by atoms with Crippen LogP contribution in [0.15, 0.2) is 11.6 Å². The zero-order chi connectivity index (χ0) is 9.47. The van der Waals surface area contributed by atoms with Crippen LogP contribution >= 0.6 is 0 Å². The average molecular weight is 178 g/mol. The third-order valence-corrected chi connectivity index (χ3v) is 3.85. The minimum atomic E-state index is 0.300. The van der Waals surface area contributed by atoms with Crippen molar-refractivity contribution in [1.29, 1.82) is 0 Å². The molecule has 0 bridgehead atoms. The lowest BCUT2D eigenvalue weighted by Gasteiger charge is -2.44. The summed E-state index contributed by atoms with van der Waals surface area (Å²) in [5.74, 6) is 1.04. The summed E-state index contributed by atoms with van der Waals surface area (Å²) in [4.78, 5) is 11.5. The highest BCUT2D eigenvalue weighted by atomic mass is 16.1. The molecule has 1 fully saturated rings. The lowest BCUT2D eigenvalue weighted by atomic mass is 9.60. The first-order chi connectivity index (χ1) is 6.12. The number of fused-ring (bicyclic) bond motifs is 1. The molecule has 0 aromatic carbocycles. The van der Waals surface area contributed by atoms with E-state index in [9.17, 15) is 4.79 Å². The summed E-state index contributed by atoms with van der Waals surface area (Å²) in [6, 6.07) is 0. The lowest BCUT2D eigenvalue weighted by molar-refractivity contribution is -0.118. The zero-order valence-electron chi connectivity index (χ0n) is 8.60. The molecule has 1 saturated carbocycles. The van der Waals surface area contributed by atoms with Gasteiger partial charge >= 0.3 is 0 Å². The number of rotatable bonds is 0. The molecule has 2 rings (SSSR count). The largest absolute Gasteiger partial charge is 0.295 e. The van der Waals surface area contributed by atoms with Gasteiger partial charge in [0.05, 0.1) is 0 Å². The highest BCUT2D eigenvalue weighted by Gasteiger charge is 2.41. The molecule has 2 aliphatic rings. The van der Waals surface area contributed by atoms with Gasteiger partial charge in [-0.2, -0.15) is 0 Å². The Morgan fingerprint density at radius 3 is 3.00 bits per heavy atom. The highest BCUT2D eigenvalue weighted by Crippen LogP contribution is 2.49. The van der Waals surface area contributed by atoms with E-state index < -0.39 is 0 Å². The molecule has 2 unspecified atom stereocenters. The smallest absolute Gasteiger partial charge is 0.156 e. The molecule has 0 amide bonds. The van der Waals surface area contributed by atoms with E-state index in [1.165, 1.54) is 31.3 Å². The predicted octanol–water partition coefficient (Wildman–Crippen LogP) is 3.10. The standard InChI is InChI=1S/C12H18O/c1-9-7-10(13)8-12(2)6-4-3-5-11(9)12/h7,11H,3-6,8H2,1-2H3. The number of ketones is 1. The van der Waals surface area contributed by atoms with Gasteiger partial charge in [0.25, 0.3) is 0 Å². The second-order valence-electron chi connectivity index (χ2n) is 4.98. The van der Waals surface area contributed by atoms with Gasteiger partial charge in [0, 0.05) is 6.42 Å². The van der Waals surface area contributed by atoms with Crippen LogP contribution in [0.1, 0.15) is 46.0 Å². The third-order valence-electron chi connectivity index (χ3n) is 3.85. The van der Waals surface area contributed by atoms with Crippen molar-refractivity contribution in [3.63, 3.8) is 0 Å². The fourth-order valence-corrected chi connectivity index (χ4v) is 3.19. The first-order valence-corrected chi connectivity index (χ1v) is 5.33. The maximum Gasteiger partial charge on any atom is 0.156 e. The van der Waals surface area contributed by atoms with Crippen LogP contribution in [0.3, 0.4) is 0 Å². The van der Waals surface area contributed by atoms with Crippen LogP contribution < -0.4 is 0 Å². The first kappa shape index (κ1) is 8.98. The van der Waals surface area contributed by atoms with E-state index in [0.29, 0.717) is 17.1 Å². The Hall–Kier alpha value is -0.590. The van der Waals surface area contributed by atoms with Crippen molar-refractivity contribution in [2.24, 2.45) is 11.3 Å². The van der Waals surface area contributed by atoms with Crippen molar-refractivity contribution < 1.29 is 4.79 Å². The van der Waals surface area contributed by atoms with Crippen molar-refractivity contribution in [1.82, 2.24) is 0 Å². The number of carbonyl (C=O) groups is 1. The Balaban J connectivity index is 2.31. The van der Waals surface area contributed by atoms with Crippen molar-refractivity contribution in [3.8, 4) is 0 Å². The fraction of sp³-hybridized carbons (Fsp3) is 0.750.